The fourth-order valence-corrected chi connectivity index (χ4v) is 2.71. The summed E-state index contributed by atoms with van der Waals surface area (Å²) in [6.07, 6.45) is 0. The van der Waals surface area contributed by atoms with E-state index in [1.54, 1.807) is 6.92 Å². The SMILES string of the molecule is COC(=O)C(C)CSCC(=O)NCC(C)c1ccccc1. The van der Waals surface area contributed by atoms with E-state index in [9.17, 15) is 9.59 Å². The van der Waals surface area contributed by atoms with Gasteiger partial charge in [0.15, 0.2) is 0 Å². The zero-order chi connectivity index (χ0) is 15.7. The van der Waals surface area contributed by atoms with Gasteiger partial charge in [0, 0.05) is 12.3 Å². The Bertz CT molecular complexity index is 450. The van der Waals surface area contributed by atoms with Crippen molar-refractivity contribution in [3.8, 4) is 0 Å². The van der Waals surface area contributed by atoms with Gasteiger partial charge in [-0.05, 0) is 11.5 Å². The summed E-state index contributed by atoms with van der Waals surface area (Å²) in [6, 6.07) is 10.1. The minimum atomic E-state index is -0.236. The maximum absolute atomic E-state index is 11.8. The summed E-state index contributed by atoms with van der Waals surface area (Å²) in [4.78, 5) is 23.0. The van der Waals surface area contributed by atoms with Crippen molar-refractivity contribution in [1.29, 1.82) is 0 Å². The Hall–Kier alpha value is -1.49. The van der Waals surface area contributed by atoms with Crippen molar-refractivity contribution >= 4 is 23.6 Å². The predicted octanol–water partition coefficient (Wildman–Crippen LogP) is 2.45. The lowest BCUT2D eigenvalue weighted by Gasteiger charge is -2.13. The van der Waals surface area contributed by atoms with Crippen molar-refractivity contribution in [2.45, 2.75) is 19.8 Å². The molecule has 0 spiro atoms. The molecule has 2 unspecified atom stereocenters. The summed E-state index contributed by atoms with van der Waals surface area (Å²) in [5.41, 5.74) is 1.21. The molecule has 0 bridgehead atoms. The van der Waals surface area contributed by atoms with Crippen LogP contribution in [-0.4, -0.2) is 37.0 Å². The Labute approximate surface area is 130 Å². The summed E-state index contributed by atoms with van der Waals surface area (Å²) in [5, 5.41) is 2.92. The van der Waals surface area contributed by atoms with Gasteiger partial charge in [-0.2, -0.15) is 11.8 Å². The number of carbonyl (C=O) groups is 2. The molecule has 1 aromatic rings. The van der Waals surface area contributed by atoms with Crippen molar-refractivity contribution < 1.29 is 14.3 Å². The van der Waals surface area contributed by atoms with Gasteiger partial charge in [-0.1, -0.05) is 44.2 Å². The first-order valence-electron chi connectivity index (χ1n) is 7.01. The molecule has 0 fully saturated rings. The highest BCUT2D eigenvalue weighted by molar-refractivity contribution is 7.99. The van der Waals surface area contributed by atoms with Gasteiger partial charge in [0.2, 0.25) is 5.91 Å². The average Bonchev–Trinajstić information content (AvgIpc) is 2.52. The molecule has 0 saturated carbocycles. The molecule has 5 heteroatoms. The summed E-state index contributed by atoms with van der Waals surface area (Å²) < 4.78 is 4.64. The average molecular weight is 309 g/mol. The van der Waals surface area contributed by atoms with Gasteiger partial charge in [-0.25, -0.2) is 0 Å². The second kappa shape index (κ2) is 9.45. The van der Waals surface area contributed by atoms with E-state index in [2.05, 4.69) is 29.1 Å². The smallest absolute Gasteiger partial charge is 0.309 e. The molecular weight excluding hydrogens is 286 g/mol. The monoisotopic (exact) mass is 309 g/mol. The maximum atomic E-state index is 11.8. The van der Waals surface area contributed by atoms with E-state index in [1.807, 2.05) is 18.2 Å². The molecule has 1 aromatic carbocycles. The van der Waals surface area contributed by atoms with Crippen molar-refractivity contribution in [3.05, 3.63) is 35.9 Å². The quantitative estimate of drug-likeness (QED) is 0.750. The molecule has 0 radical (unpaired) electrons. The summed E-state index contributed by atoms with van der Waals surface area (Å²) >= 11 is 1.45. The van der Waals surface area contributed by atoms with Crippen LogP contribution < -0.4 is 5.32 Å². The van der Waals surface area contributed by atoms with Crippen molar-refractivity contribution in [2.75, 3.05) is 25.2 Å². The first-order valence-corrected chi connectivity index (χ1v) is 8.17. The lowest BCUT2D eigenvalue weighted by molar-refractivity contribution is -0.144. The van der Waals surface area contributed by atoms with E-state index < -0.39 is 0 Å². The molecule has 1 N–H and O–H groups in total. The predicted molar refractivity (Wildman–Crippen MR) is 86.4 cm³/mol. The molecule has 0 aliphatic carbocycles. The van der Waals surface area contributed by atoms with E-state index >= 15 is 0 Å². The van der Waals surface area contributed by atoms with Gasteiger partial charge >= 0.3 is 5.97 Å². The Morgan fingerprint density at radius 1 is 1.24 bits per heavy atom. The van der Waals surface area contributed by atoms with Gasteiger partial charge in [-0.15, -0.1) is 0 Å². The van der Waals surface area contributed by atoms with Gasteiger partial charge in [0.25, 0.3) is 0 Å². The zero-order valence-corrected chi connectivity index (χ0v) is 13.6. The minimum absolute atomic E-state index is 0.000142. The third kappa shape index (κ3) is 6.67. The van der Waals surface area contributed by atoms with E-state index in [4.69, 9.17) is 0 Å². The largest absolute Gasteiger partial charge is 0.469 e. The van der Waals surface area contributed by atoms with Crippen LogP contribution in [-0.2, 0) is 14.3 Å². The first-order chi connectivity index (χ1) is 10.0. The molecular formula is C16H23NO3S. The molecule has 21 heavy (non-hydrogen) atoms. The third-order valence-corrected chi connectivity index (χ3v) is 4.38. The van der Waals surface area contributed by atoms with Crippen LogP contribution in [0.5, 0.6) is 0 Å². The van der Waals surface area contributed by atoms with Gasteiger partial charge < -0.3 is 10.1 Å². The highest BCUT2D eigenvalue weighted by Gasteiger charge is 2.14. The molecule has 0 aliphatic rings. The zero-order valence-electron chi connectivity index (χ0n) is 12.8. The second-order valence-electron chi connectivity index (χ2n) is 5.06. The first kappa shape index (κ1) is 17.6. The topological polar surface area (TPSA) is 55.4 Å². The fourth-order valence-electron chi connectivity index (χ4n) is 1.82. The normalized spacial score (nSPS) is 13.3. The highest BCUT2D eigenvalue weighted by atomic mass is 32.2. The third-order valence-electron chi connectivity index (χ3n) is 3.18. The Morgan fingerprint density at radius 3 is 2.52 bits per heavy atom. The van der Waals surface area contributed by atoms with Gasteiger partial charge in [0.05, 0.1) is 18.8 Å². The van der Waals surface area contributed by atoms with E-state index in [-0.39, 0.29) is 23.7 Å². The van der Waals surface area contributed by atoms with E-state index in [1.165, 1.54) is 24.4 Å². The summed E-state index contributed by atoms with van der Waals surface area (Å²) in [5.74, 6) is 0.822. The lowest BCUT2D eigenvalue weighted by Crippen LogP contribution is -2.29. The molecule has 116 valence electrons. The maximum Gasteiger partial charge on any atom is 0.309 e. The number of rotatable bonds is 8. The fraction of sp³-hybridized carbons (Fsp3) is 0.500. The number of amides is 1. The van der Waals surface area contributed by atoms with Crippen LogP contribution in [0.2, 0.25) is 0 Å². The summed E-state index contributed by atoms with van der Waals surface area (Å²) in [6.45, 7) is 4.51. The number of hydrogen-bond donors (Lipinski definition) is 1. The van der Waals surface area contributed by atoms with Crippen LogP contribution in [0, 0.1) is 5.92 Å². The Kier molecular flexibility index (Phi) is 7.90. The molecule has 0 aromatic heterocycles. The number of methoxy groups -OCH3 is 1. The molecule has 1 rings (SSSR count). The van der Waals surface area contributed by atoms with Crippen LogP contribution in [0.15, 0.2) is 30.3 Å². The van der Waals surface area contributed by atoms with Crippen molar-refractivity contribution in [3.63, 3.8) is 0 Å². The minimum Gasteiger partial charge on any atom is -0.469 e. The number of esters is 1. The molecule has 0 heterocycles. The van der Waals surface area contributed by atoms with E-state index in [0.717, 1.165) is 0 Å². The standard InChI is InChI=1S/C16H23NO3S/c1-12(14-7-5-4-6-8-14)9-17-15(18)11-21-10-13(2)16(19)20-3/h4-8,12-13H,9-11H2,1-3H3,(H,17,18). The lowest BCUT2D eigenvalue weighted by atomic mass is 10.0. The number of carbonyl (C=O) groups excluding carboxylic acids is 2. The van der Waals surface area contributed by atoms with Crippen LogP contribution in [0.3, 0.4) is 0 Å². The van der Waals surface area contributed by atoms with Crippen molar-refractivity contribution in [1.82, 2.24) is 5.32 Å². The second-order valence-corrected chi connectivity index (χ2v) is 6.09. The van der Waals surface area contributed by atoms with Crippen LogP contribution >= 0.6 is 11.8 Å². The number of benzene rings is 1. The molecule has 0 saturated heterocycles. The Balaban J connectivity index is 2.21. The number of nitrogens with one attached hydrogen (secondary N) is 1. The highest BCUT2D eigenvalue weighted by Crippen LogP contribution is 2.13. The summed E-state index contributed by atoms with van der Waals surface area (Å²) in [7, 11) is 1.38. The molecule has 1 amide bonds. The van der Waals surface area contributed by atoms with Crippen LogP contribution in [0.1, 0.15) is 25.3 Å². The Morgan fingerprint density at radius 2 is 1.90 bits per heavy atom. The van der Waals surface area contributed by atoms with E-state index in [0.29, 0.717) is 18.1 Å². The van der Waals surface area contributed by atoms with Gasteiger partial charge in [0.1, 0.15) is 0 Å². The molecule has 4 nitrogen and oxygen atoms in total. The van der Waals surface area contributed by atoms with Crippen molar-refractivity contribution in [2.24, 2.45) is 5.92 Å². The number of ether oxygens (including phenoxy) is 1. The van der Waals surface area contributed by atoms with Gasteiger partial charge in [-0.3, -0.25) is 9.59 Å². The van der Waals surface area contributed by atoms with Crippen LogP contribution in [0.4, 0.5) is 0 Å². The number of thioether (sulfide) groups is 1. The molecule has 2 atom stereocenters. The van der Waals surface area contributed by atoms with Crippen LogP contribution in [0.25, 0.3) is 0 Å². The molecule has 0 aliphatic heterocycles. The number of hydrogen-bond acceptors (Lipinski definition) is 4.